The number of ether oxygens (including phenoxy) is 2. The van der Waals surface area contributed by atoms with Crippen molar-refractivity contribution in [3.63, 3.8) is 0 Å². The van der Waals surface area contributed by atoms with E-state index in [0.717, 1.165) is 0 Å². The van der Waals surface area contributed by atoms with Gasteiger partial charge in [-0.3, -0.25) is 0 Å². The van der Waals surface area contributed by atoms with E-state index in [9.17, 15) is 18.0 Å². The second-order valence-electron chi connectivity index (χ2n) is 2.51. The molecule has 0 fully saturated rings. The van der Waals surface area contributed by atoms with Gasteiger partial charge in [-0.15, -0.1) is 0 Å². The largest absolute Gasteiger partial charge is 0.452 e. The van der Waals surface area contributed by atoms with Crippen molar-refractivity contribution in [1.29, 1.82) is 0 Å². The molecular weight excluding hydrogens is 201 g/mol. The smallest absolute Gasteiger partial charge is 0.422 e. The molecule has 3 nitrogen and oxygen atoms in total. The summed E-state index contributed by atoms with van der Waals surface area (Å²) in [5, 5.41) is 0. The lowest BCUT2D eigenvalue weighted by Crippen LogP contribution is -2.36. The molecule has 82 valence electrons. The number of hydrogen-bond acceptors (Lipinski definition) is 3. The Morgan fingerprint density at radius 1 is 1.50 bits per heavy atom. The second-order valence-corrected chi connectivity index (χ2v) is 2.51. The average Bonchev–Trinajstić information content (AvgIpc) is 2.01. The van der Waals surface area contributed by atoms with Crippen molar-refractivity contribution in [2.75, 3.05) is 6.61 Å². The molecule has 0 saturated carbocycles. The standard InChI is InChI=1S/C8H11F3O3/c1-4-13-7(8(9,10)11)14-6(12)5(2)3/h7H,2,4H2,1,3H3. The lowest BCUT2D eigenvalue weighted by atomic mass is 10.4. The summed E-state index contributed by atoms with van der Waals surface area (Å²) < 4.78 is 44.5. The molecule has 0 radical (unpaired) electrons. The van der Waals surface area contributed by atoms with Crippen molar-refractivity contribution in [2.24, 2.45) is 0 Å². The van der Waals surface area contributed by atoms with Crippen LogP contribution in [0.15, 0.2) is 12.2 Å². The molecule has 0 heterocycles. The highest BCUT2D eigenvalue weighted by atomic mass is 19.4. The van der Waals surface area contributed by atoms with Crippen LogP contribution < -0.4 is 0 Å². The molecule has 1 unspecified atom stereocenters. The Kier molecular flexibility index (Phi) is 4.62. The second kappa shape index (κ2) is 4.99. The van der Waals surface area contributed by atoms with Crippen LogP contribution in [-0.4, -0.2) is 25.0 Å². The summed E-state index contributed by atoms with van der Waals surface area (Å²) >= 11 is 0. The van der Waals surface area contributed by atoms with Crippen molar-refractivity contribution in [1.82, 2.24) is 0 Å². The fraction of sp³-hybridized carbons (Fsp3) is 0.625. The molecule has 0 rings (SSSR count). The van der Waals surface area contributed by atoms with Crippen LogP contribution in [0.4, 0.5) is 13.2 Å². The third kappa shape index (κ3) is 4.27. The van der Waals surface area contributed by atoms with Crippen LogP contribution in [0.2, 0.25) is 0 Å². The van der Waals surface area contributed by atoms with E-state index in [1.807, 2.05) is 0 Å². The van der Waals surface area contributed by atoms with E-state index in [-0.39, 0.29) is 12.2 Å². The maximum absolute atomic E-state index is 12.1. The number of halogens is 3. The zero-order valence-electron chi connectivity index (χ0n) is 7.85. The van der Waals surface area contributed by atoms with Crippen LogP contribution in [0.3, 0.4) is 0 Å². The number of hydrogen-bond donors (Lipinski definition) is 0. The fourth-order valence-electron chi connectivity index (χ4n) is 0.545. The summed E-state index contributed by atoms with van der Waals surface area (Å²) in [4.78, 5) is 10.8. The van der Waals surface area contributed by atoms with Crippen LogP contribution in [0, 0.1) is 0 Å². The molecule has 0 aromatic heterocycles. The molecule has 0 aromatic rings. The first-order chi connectivity index (χ1) is 6.29. The molecule has 0 spiro atoms. The van der Waals surface area contributed by atoms with Gasteiger partial charge in [0.15, 0.2) is 0 Å². The summed E-state index contributed by atoms with van der Waals surface area (Å²) in [5.41, 5.74) is -0.112. The first-order valence-electron chi connectivity index (χ1n) is 3.83. The van der Waals surface area contributed by atoms with E-state index in [0.29, 0.717) is 0 Å². The SMILES string of the molecule is C=C(C)C(=O)OC(OCC)C(F)(F)F. The lowest BCUT2D eigenvalue weighted by molar-refractivity contribution is -0.297. The first kappa shape index (κ1) is 13.0. The Bertz CT molecular complexity index is 222. The van der Waals surface area contributed by atoms with Gasteiger partial charge in [0.05, 0.1) is 0 Å². The lowest BCUT2D eigenvalue weighted by Gasteiger charge is -2.19. The normalized spacial score (nSPS) is 13.5. The van der Waals surface area contributed by atoms with Crippen molar-refractivity contribution in [3.05, 3.63) is 12.2 Å². The van der Waals surface area contributed by atoms with E-state index < -0.39 is 18.4 Å². The summed E-state index contributed by atoms with van der Waals surface area (Å²) in [6, 6.07) is 0. The molecule has 0 amide bonds. The van der Waals surface area contributed by atoms with E-state index in [4.69, 9.17) is 0 Å². The van der Waals surface area contributed by atoms with E-state index in [2.05, 4.69) is 16.1 Å². The van der Waals surface area contributed by atoms with Gasteiger partial charge >= 0.3 is 12.1 Å². The summed E-state index contributed by atoms with van der Waals surface area (Å²) in [7, 11) is 0. The van der Waals surface area contributed by atoms with Crippen molar-refractivity contribution in [2.45, 2.75) is 26.3 Å². The van der Waals surface area contributed by atoms with Crippen molar-refractivity contribution in [3.8, 4) is 0 Å². The molecule has 0 aromatic carbocycles. The quantitative estimate of drug-likeness (QED) is 0.406. The van der Waals surface area contributed by atoms with Crippen LogP contribution in [0.5, 0.6) is 0 Å². The summed E-state index contributed by atoms with van der Waals surface area (Å²) in [5.74, 6) is -1.12. The number of esters is 1. The molecule has 0 aliphatic rings. The molecule has 0 aliphatic heterocycles. The van der Waals surface area contributed by atoms with Crippen molar-refractivity contribution < 1.29 is 27.4 Å². The van der Waals surface area contributed by atoms with Gasteiger partial charge in [-0.2, -0.15) is 13.2 Å². The first-order valence-corrected chi connectivity index (χ1v) is 3.83. The Morgan fingerprint density at radius 2 is 2.00 bits per heavy atom. The van der Waals surface area contributed by atoms with Gasteiger partial charge in [0.2, 0.25) is 0 Å². The summed E-state index contributed by atoms with van der Waals surface area (Å²) in [6.45, 7) is 5.57. The highest BCUT2D eigenvalue weighted by Gasteiger charge is 2.44. The van der Waals surface area contributed by atoms with E-state index in [1.165, 1.54) is 13.8 Å². The van der Waals surface area contributed by atoms with Crippen LogP contribution in [-0.2, 0) is 14.3 Å². The van der Waals surface area contributed by atoms with Gasteiger partial charge < -0.3 is 9.47 Å². The molecule has 0 bridgehead atoms. The van der Waals surface area contributed by atoms with Crippen molar-refractivity contribution >= 4 is 5.97 Å². The maximum Gasteiger partial charge on any atom is 0.452 e. The van der Waals surface area contributed by atoms with Gasteiger partial charge in [-0.25, -0.2) is 4.79 Å². The van der Waals surface area contributed by atoms with Gasteiger partial charge in [0, 0.05) is 12.2 Å². The van der Waals surface area contributed by atoms with E-state index >= 15 is 0 Å². The predicted molar refractivity (Wildman–Crippen MR) is 42.4 cm³/mol. The summed E-state index contributed by atoms with van der Waals surface area (Å²) in [6.07, 6.45) is -7.24. The third-order valence-corrected chi connectivity index (χ3v) is 1.15. The van der Waals surface area contributed by atoms with Gasteiger partial charge in [-0.1, -0.05) is 6.58 Å². The van der Waals surface area contributed by atoms with Crippen LogP contribution >= 0.6 is 0 Å². The molecule has 14 heavy (non-hydrogen) atoms. The Labute approximate surface area is 79.5 Å². The fourth-order valence-corrected chi connectivity index (χ4v) is 0.545. The minimum absolute atomic E-state index is 0.112. The maximum atomic E-state index is 12.1. The number of alkyl halides is 3. The Hall–Kier alpha value is -1.04. The van der Waals surface area contributed by atoms with Crippen LogP contribution in [0.1, 0.15) is 13.8 Å². The molecule has 6 heteroatoms. The zero-order valence-corrected chi connectivity index (χ0v) is 7.85. The monoisotopic (exact) mass is 212 g/mol. The Balaban J connectivity index is 4.38. The highest BCUT2D eigenvalue weighted by molar-refractivity contribution is 5.87. The topological polar surface area (TPSA) is 35.5 Å². The number of carbonyl (C=O) groups is 1. The zero-order chi connectivity index (χ0) is 11.4. The third-order valence-electron chi connectivity index (χ3n) is 1.15. The minimum atomic E-state index is -4.72. The average molecular weight is 212 g/mol. The minimum Gasteiger partial charge on any atom is -0.422 e. The molecular formula is C8H11F3O3. The molecule has 0 N–H and O–H groups in total. The number of rotatable bonds is 4. The van der Waals surface area contributed by atoms with Gasteiger partial charge in [0.25, 0.3) is 6.29 Å². The predicted octanol–water partition coefficient (Wildman–Crippen LogP) is 2.03. The molecule has 0 aliphatic carbocycles. The van der Waals surface area contributed by atoms with Crippen LogP contribution in [0.25, 0.3) is 0 Å². The van der Waals surface area contributed by atoms with Gasteiger partial charge in [-0.05, 0) is 13.8 Å². The highest BCUT2D eigenvalue weighted by Crippen LogP contribution is 2.24. The Morgan fingerprint density at radius 3 is 2.29 bits per heavy atom. The number of carbonyl (C=O) groups excluding carboxylic acids is 1. The molecule has 1 atom stereocenters. The molecule has 0 saturated heterocycles. The van der Waals surface area contributed by atoms with Gasteiger partial charge in [0.1, 0.15) is 0 Å². The van der Waals surface area contributed by atoms with E-state index in [1.54, 1.807) is 0 Å².